The van der Waals surface area contributed by atoms with Gasteiger partial charge in [0.2, 0.25) is 0 Å². The summed E-state index contributed by atoms with van der Waals surface area (Å²) >= 11 is 6.79. The van der Waals surface area contributed by atoms with E-state index in [1.807, 2.05) is 19.9 Å². The summed E-state index contributed by atoms with van der Waals surface area (Å²) in [5.41, 5.74) is 1.36. The van der Waals surface area contributed by atoms with Gasteiger partial charge in [0, 0.05) is 31.7 Å². The molecule has 1 aromatic heterocycles. The first-order valence-corrected chi connectivity index (χ1v) is 12.8. The standard InChI is InChI=1S/C24H32N4O2S2/c1-4-6-14-28-23(30)20(32-24(28)31)15-18-17(3)19(16-25)22(29)27(11-5-2)21(18)26-12-9-7-8-10-13-26/h15H,4-14H2,1-3H3. The van der Waals surface area contributed by atoms with Crippen LogP contribution in [0.2, 0.25) is 0 Å². The van der Waals surface area contributed by atoms with E-state index in [1.54, 1.807) is 9.47 Å². The first kappa shape index (κ1) is 24.5. The maximum atomic E-state index is 13.2. The van der Waals surface area contributed by atoms with Crippen molar-refractivity contribution in [2.24, 2.45) is 0 Å². The van der Waals surface area contributed by atoms with Gasteiger partial charge in [-0.3, -0.25) is 19.1 Å². The summed E-state index contributed by atoms with van der Waals surface area (Å²) in [4.78, 5) is 30.9. The van der Waals surface area contributed by atoms with Crippen LogP contribution in [0.25, 0.3) is 6.08 Å². The zero-order chi connectivity index (χ0) is 23.3. The summed E-state index contributed by atoms with van der Waals surface area (Å²) in [7, 11) is 0. The van der Waals surface area contributed by atoms with Crippen LogP contribution >= 0.6 is 24.0 Å². The molecule has 172 valence electrons. The average Bonchev–Trinajstić information content (AvgIpc) is 2.95. The predicted octanol–water partition coefficient (Wildman–Crippen LogP) is 4.82. The Morgan fingerprint density at radius 3 is 2.38 bits per heavy atom. The number of amides is 1. The quantitative estimate of drug-likeness (QED) is 0.419. The molecule has 0 radical (unpaired) electrons. The minimum absolute atomic E-state index is 0.0820. The van der Waals surface area contributed by atoms with Crippen LogP contribution in [0.4, 0.5) is 5.82 Å². The van der Waals surface area contributed by atoms with Crippen LogP contribution < -0.4 is 10.5 Å². The number of pyridine rings is 1. The van der Waals surface area contributed by atoms with Crippen LogP contribution in [0.3, 0.4) is 0 Å². The molecule has 8 heteroatoms. The van der Waals surface area contributed by atoms with E-state index >= 15 is 0 Å². The highest BCUT2D eigenvalue weighted by molar-refractivity contribution is 8.26. The van der Waals surface area contributed by atoms with Crippen molar-refractivity contribution in [2.75, 3.05) is 24.5 Å². The molecule has 0 aromatic carbocycles. The smallest absolute Gasteiger partial charge is 0.270 e. The minimum atomic E-state index is -0.237. The van der Waals surface area contributed by atoms with Crippen molar-refractivity contribution in [3.8, 4) is 6.07 Å². The van der Waals surface area contributed by atoms with Gasteiger partial charge in [-0.25, -0.2) is 0 Å². The van der Waals surface area contributed by atoms with E-state index in [0.29, 0.717) is 27.9 Å². The molecule has 1 amide bonds. The molecule has 32 heavy (non-hydrogen) atoms. The Morgan fingerprint density at radius 2 is 1.78 bits per heavy atom. The molecule has 3 rings (SSSR count). The average molecular weight is 473 g/mol. The van der Waals surface area contributed by atoms with E-state index in [4.69, 9.17) is 12.2 Å². The highest BCUT2D eigenvalue weighted by Gasteiger charge is 2.33. The highest BCUT2D eigenvalue weighted by Crippen LogP contribution is 2.36. The molecule has 0 N–H and O–H groups in total. The van der Waals surface area contributed by atoms with E-state index in [9.17, 15) is 14.9 Å². The fraction of sp³-hybridized carbons (Fsp3) is 0.583. The molecule has 0 unspecified atom stereocenters. The van der Waals surface area contributed by atoms with Crippen LogP contribution in [0.15, 0.2) is 9.70 Å². The van der Waals surface area contributed by atoms with E-state index in [0.717, 1.165) is 56.6 Å². The minimum Gasteiger partial charge on any atom is -0.357 e. The van der Waals surface area contributed by atoms with Gasteiger partial charge >= 0.3 is 0 Å². The highest BCUT2D eigenvalue weighted by atomic mass is 32.2. The molecule has 2 fully saturated rings. The van der Waals surface area contributed by atoms with Gasteiger partial charge in [0.1, 0.15) is 21.8 Å². The molecule has 0 spiro atoms. The molecule has 6 nitrogen and oxygen atoms in total. The predicted molar refractivity (Wildman–Crippen MR) is 136 cm³/mol. The summed E-state index contributed by atoms with van der Waals surface area (Å²) in [6, 6.07) is 2.12. The first-order chi connectivity index (χ1) is 15.4. The number of unbranched alkanes of at least 4 members (excludes halogenated alkanes) is 1. The number of thiocarbonyl (C=S) groups is 1. The molecule has 0 bridgehead atoms. The molecule has 0 saturated carbocycles. The third-order valence-electron chi connectivity index (χ3n) is 6.08. The Bertz CT molecular complexity index is 1010. The van der Waals surface area contributed by atoms with Gasteiger partial charge in [0.05, 0.1) is 4.91 Å². The summed E-state index contributed by atoms with van der Waals surface area (Å²) < 4.78 is 2.33. The molecule has 2 aliphatic rings. The number of nitriles is 1. The largest absolute Gasteiger partial charge is 0.357 e. The lowest BCUT2D eigenvalue weighted by Gasteiger charge is -2.29. The molecule has 2 saturated heterocycles. The Morgan fingerprint density at radius 1 is 1.09 bits per heavy atom. The number of carbonyl (C=O) groups excluding carboxylic acids is 1. The van der Waals surface area contributed by atoms with Crippen molar-refractivity contribution in [1.82, 2.24) is 9.47 Å². The van der Waals surface area contributed by atoms with Crippen molar-refractivity contribution in [1.29, 1.82) is 5.26 Å². The Hall–Kier alpha value is -2.11. The number of hydrogen-bond donors (Lipinski definition) is 0. The van der Waals surface area contributed by atoms with Crippen molar-refractivity contribution < 1.29 is 4.79 Å². The number of rotatable bonds is 7. The van der Waals surface area contributed by atoms with Gasteiger partial charge in [-0.15, -0.1) is 0 Å². The van der Waals surface area contributed by atoms with Crippen LogP contribution in [0.5, 0.6) is 0 Å². The molecule has 0 atom stereocenters. The van der Waals surface area contributed by atoms with Gasteiger partial charge in [-0.05, 0) is 44.2 Å². The normalized spacial score (nSPS) is 18.4. The number of thioether (sulfide) groups is 1. The molecule has 0 aliphatic carbocycles. The van der Waals surface area contributed by atoms with Crippen LogP contribution in [0, 0.1) is 18.3 Å². The van der Waals surface area contributed by atoms with E-state index in [-0.39, 0.29) is 17.0 Å². The molecule has 1 aromatic rings. The lowest BCUT2D eigenvalue weighted by molar-refractivity contribution is -0.122. The molecule has 3 heterocycles. The van der Waals surface area contributed by atoms with Crippen LogP contribution in [0.1, 0.15) is 75.5 Å². The van der Waals surface area contributed by atoms with Gasteiger partial charge in [-0.2, -0.15) is 5.26 Å². The van der Waals surface area contributed by atoms with Crippen molar-refractivity contribution in [3.05, 3.63) is 31.9 Å². The number of nitrogens with zero attached hydrogens (tertiary/aromatic N) is 4. The van der Waals surface area contributed by atoms with Gasteiger partial charge in [0.15, 0.2) is 0 Å². The Kier molecular flexibility index (Phi) is 8.55. The number of anilines is 1. The molecular formula is C24H32N4O2S2. The Labute approximate surface area is 200 Å². The van der Waals surface area contributed by atoms with Gasteiger partial charge < -0.3 is 4.90 Å². The van der Waals surface area contributed by atoms with Crippen molar-refractivity contribution >= 4 is 46.1 Å². The van der Waals surface area contributed by atoms with Crippen molar-refractivity contribution in [2.45, 2.75) is 72.3 Å². The first-order valence-electron chi connectivity index (χ1n) is 11.6. The third kappa shape index (κ3) is 4.94. The monoisotopic (exact) mass is 472 g/mol. The van der Waals surface area contributed by atoms with E-state index in [1.165, 1.54) is 24.6 Å². The maximum absolute atomic E-state index is 13.2. The lowest BCUT2D eigenvalue weighted by atomic mass is 10.0. The fourth-order valence-electron chi connectivity index (χ4n) is 4.34. The molecular weight excluding hydrogens is 440 g/mol. The Balaban J connectivity index is 2.19. The zero-order valence-electron chi connectivity index (χ0n) is 19.3. The maximum Gasteiger partial charge on any atom is 0.270 e. The van der Waals surface area contributed by atoms with Crippen LogP contribution in [-0.2, 0) is 11.3 Å². The summed E-state index contributed by atoms with van der Waals surface area (Å²) in [6.45, 7) is 8.84. The summed E-state index contributed by atoms with van der Waals surface area (Å²) in [6.07, 6.45) is 9.03. The second-order valence-electron chi connectivity index (χ2n) is 8.39. The second kappa shape index (κ2) is 11.2. The number of carbonyl (C=O) groups is 1. The fourth-order valence-corrected chi connectivity index (χ4v) is 5.63. The van der Waals surface area contributed by atoms with Crippen LogP contribution in [-0.4, -0.2) is 39.3 Å². The number of aromatic nitrogens is 1. The van der Waals surface area contributed by atoms with Gasteiger partial charge in [-0.1, -0.05) is 57.1 Å². The SMILES string of the molecule is CCCCN1C(=O)C(=Cc2c(C)c(C#N)c(=O)n(CCC)c2N2CCCCCC2)SC1=S. The lowest BCUT2D eigenvalue weighted by Crippen LogP contribution is -2.35. The number of hydrogen-bond acceptors (Lipinski definition) is 6. The summed E-state index contributed by atoms with van der Waals surface area (Å²) in [5, 5.41) is 9.76. The molecule has 2 aliphatic heterocycles. The van der Waals surface area contributed by atoms with E-state index < -0.39 is 0 Å². The second-order valence-corrected chi connectivity index (χ2v) is 10.1. The third-order valence-corrected chi connectivity index (χ3v) is 7.46. The summed E-state index contributed by atoms with van der Waals surface area (Å²) in [5.74, 6) is 0.760. The van der Waals surface area contributed by atoms with Crippen molar-refractivity contribution in [3.63, 3.8) is 0 Å². The topological polar surface area (TPSA) is 69.3 Å². The zero-order valence-corrected chi connectivity index (χ0v) is 20.9. The van der Waals surface area contributed by atoms with Gasteiger partial charge in [0.25, 0.3) is 11.5 Å². The van der Waals surface area contributed by atoms with E-state index in [2.05, 4.69) is 17.9 Å².